The number of aryl methyl sites for hydroxylation is 1. The Kier molecular flexibility index (Phi) is 5.10. The number of piperidine rings is 1. The number of fused-ring (bicyclic) bond motifs is 1. The molecule has 0 bridgehead atoms. The number of para-hydroxylation sites is 1. The summed E-state index contributed by atoms with van der Waals surface area (Å²) < 4.78 is 6.36. The van der Waals surface area contributed by atoms with Gasteiger partial charge in [-0.1, -0.05) is 12.1 Å². The summed E-state index contributed by atoms with van der Waals surface area (Å²) in [7, 11) is 1.57. The highest BCUT2D eigenvalue weighted by atomic mass is 32.1. The number of likely N-dealkylation sites (tertiary alicyclic amines) is 1. The lowest BCUT2D eigenvalue weighted by atomic mass is 9.90. The zero-order valence-electron chi connectivity index (χ0n) is 17.9. The maximum absolute atomic E-state index is 12.9. The smallest absolute Gasteiger partial charge is 0.228 e. The van der Waals surface area contributed by atoms with Crippen molar-refractivity contribution >= 4 is 33.1 Å². The molecule has 2 aromatic carbocycles. The third-order valence-corrected chi connectivity index (χ3v) is 7.77. The Labute approximate surface area is 185 Å². The second-order valence-electron chi connectivity index (χ2n) is 8.77. The number of benzene rings is 2. The first kappa shape index (κ1) is 20.3. The fraction of sp³-hybridized carbons (Fsp3) is 0.417. The number of methoxy groups -OCH3 is 1. The van der Waals surface area contributed by atoms with Crippen molar-refractivity contribution in [3.8, 4) is 11.5 Å². The van der Waals surface area contributed by atoms with Crippen LogP contribution in [0.1, 0.15) is 29.8 Å². The molecule has 3 aromatic rings. The maximum atomic E-state index is 12.9. The van der Waals surface area contributed by atoms with Gasteiger partial charge in [-0.05, 0) is 69.0 Å². The standard InChI is InChI=1S/C24H27N3O3S/c1-15-25-19-12-17(6-7-21(19)31-15)26-23(29)18-13-24(18)8-10-27(11-9-24)14-16-4-3-5-20(30-2)22(16)28/h3-7,12,18,28H,8-11,13-14H2,1-2H3,(H,26,29)/t18-/m1/s1. The Morgan fingerprint density at radius 1 is 1.32 bits per heavy atom. The van der Waals surface area contributed by atoms with Gasteiger partial charge in [0, 0.05) is 23.7 Å². The first-order valence-electron chi connectivity index (χ1n) is 10.7. The van der Waals surface area contributed by atoms with Gasteiger partial charge in [0.15, 0.2) is 11.5 Å². The van der Waals surface area contributed by atoms with Crippen molar-refractivity contribution in [2.45, 2.75) is 32.7 Å². The number of aromatic nitrogens is 1. The fourth-order valence-corrected chi connectivity index (χ4v) is 5.69. The van der Waals surface area contributed by atoms with E-state index in [9.17, 15) is 9.90 Å². The van der Waals surface area contributed by atoms with Crippen LogP contribution in [0.5, 0.6) is 11.5 Å². The number of hydrogen-bond donors (Lipinski definition) is 2. The molecule has 1 spiro atoms. The molecule has 2 heterocycles. The number of nitrogens with one attached hydrogen (secondary N) is 1. The van der Waals surface area contributed by atoms with E-state index in [1.54, 1.807) is 24.5 Å². The van der Waals surface area contributed by atoms with Crippen molar-refractivity contribution < 1.29 is 14.6 Å². The van der Waals surface area contributed by atoms with Crippen LogP contribution in [-0.4, -0.2) is 41.1 Å². The molecule has 1 atom stereocenters. The van der Waals surface area contributed by atoms with Gasteiger partial charge in [0.1, 0.15) is 0 Å². The molecule has 1 aliphatic carbocycles. The van der Waals surface area contributed by atoms with Crippen molar-refractivity contribution in [1.82, 2.24) is 9.88 Å². The van der Waals surface area contributed by atoms with E-state index in [0.29, 0.717) is 12.3 Å². The molecule has 2 fully saturated rings. The summed E-state index contributed by atoms with van der Waals surface area (Å²) >= 11 is 1.67. The van der Waals surface area contributed by atoms with Gasteiger partial charge in [0.2, 0.25) is 5.91 Å². The van der Waals surface area contributed by atoms with Crippen molar-refractivity contribution in [3.63, 3.8) is 0 Å². The van der Waals surface area contributed by atoms with Crippen LogP contribution in [0.25, 0.3) is 10.2 Å². The van der Waals surface area contributed by atoms with Gasteiger partial charge >= 0.3 is 0 Å². The van der Waals surface area contributed by atoms with Crippen LogP contribution in [0.2, 0.25) is 0 Å². The van der Waals surface area contributed by atoms with E-state index in [-0.39, 0.29) is 23.0 Å². The Balaban J connectivity index is 1.17. The van der Waals surface area contributed by atoms with Gasteiger partial charge in [-0.25, -0.2) is 4.98 Å². The number of rotatable bonds is 5. The van der Waals surface area contributed by atoms with Crippen LogP contribution >= 0.6 is 11.3 Å². The minimum absolute atomic E-state index is 0.0905. The van der Waals surface area contributed by atoms with Gasteiger partial charge < -0.3 is 15.2 Å². The number of phenolic OH excluding ortho intramolecular Hbond substituents is 1. The zero-order valence-corrected chi connectivity index (χ0v) is 18.7. The number of hydrogen-bond acceptors (Lipinski definition) is 6. The number of amides is 1. The average molecular weight is 438 g/mol. The molecule has 31 heavy (non-hydrogen) atoms. The van der Waals surface area contributed by atoms with Gasteiger partial charge in [0.05, 0.1) is 22.3 Å². The molecule has 1 saturated heterocycles. The molecule has 2 N–H and O–H groups in total. The molecule has 0 unspecified atom stereocenters. The number of nitrogens with zero attached hydrogens (tertiary/aromatic N) is 2. The normalized spacial score (nSPS) is 20.1. The summed E-state index contributed by atoms with van der Waals surface area (Å²) in [5, 5.41) is 14.5. The summed E-state index contributed by atoms with van der Waals surface area (Å²) in [6.45, 7) is 4.57. The molecule has 1 aromatic heterocycles. The number of anilines is 1. The molecule has 2 aliphatic rings. The van der Waals surface area contributed by atoms with Crippen LogP contribution < -0.4 is 10.1 Å². The van der Waals surface area contributed by atoms with Crippen molar-refractivity contribution in [2.24, 2.45) is 11.3 Å². The minimum atomic E-state index is 0.0905. The van der Waals surface area contributed by atoms with Crippen molar-refractivity contribution in [1.29, 1.82) is 0 Å². The number of thiazole rings is 1. The molecule has 7 heteroatoms. The van der Waals surface area contributed by atoms with E-state index >= 15 is 0 Å². The second kappa shape index (κ2) is 7.80. The molecule has 0 radical (unpaired) electrons. The molecule has 1 amide bonds. The van der Waals surface area contributed by atoms with E-state index in [1.807, 2.05) is 37.3 Å². The number of carbonyl (C=O) groups is 1. The third kappa shape index (κ3) is 3.88. The largest absolute Gasteiger partial charge is 0.504 e. The number of phenols is 1. The monoisotopic (exact) mass is 437 g/mol. The molecule has 5 rings (SSSR count). The van der Waals surface area contributed by atoms with Crippen LogP contribution in [-0.2, 0) is 11.3 Å². The highest BCUT2D eigenvalue weighted by Gasteiger charge is 2.58. The first-order valence-corrected chi connectivity index (χ1v) is 11.5. The topological polar surface area (TPSA) is 74.7 Å². The number of ether oxygens (including phenoxy) is 1. The predicted molar refractivity (Wildman–Crippen MR) is 123 cm³/mol. The lowest BCUT2D eigenvalue weighted by Crippen LogP contribution is -2.35. The summed E-state index contributed by atoms with van der Waals surface area (Å²) in [6.07, 6.45) is 3.00. The SMILES string of the molecule is COc1cccc(CN2CCC3(CC2)C[C@@H]3C(=O)Nc2ccc3sc(C)nc3c2)c1O. The van der Waals surface area contributed by atoms with Crippen LogP contribution in [0, 0.1) is 18.3 Å². The lowest BCUT2D eigenvalue weighted by Gasteiger charge is -2.33. The minimum Gasteiger partial charge on any atom is -0.504 e. The third-order valence-electron chi connectivity index (χ3n) is 6.82. The van der Waals surface area contributed by atoms with Crippen molar-refractivity contribution in [2.75, 3.05) is 25.5 Å². The summed E-state index contributed by atoms with van der Waals surface area (Å²) in [4.78, 5) is 19.8. The van der Waals surface area contributed by atoms with E-state index in [0.717, 1.165) is 58.8 Å². The Hall–Kier alpha value is -2.64. The van der Waals surface area contributed by atoms with Gasteiger partial charge in [-0.2, -0.15) is 0 Å². The highest BCUT2D eigenvalue weighted by molar-refractivity contribution is 7.18. The summed E-state index contributed by atoms with van der Waals surface area (Å²) in [6, 6.07) is 11.6. The van der Waals surface area contributed by atoms with E-state index in [4.69, 9.17) is 4.74 Å². The van der Waals surface area contributed by atoms with Crippen LogP contribution in [0.3, 0.4) is 0 Å². The molecule has 1 aliphatic heterocycles. The predicted octanol–water partition coefficient (Wildman–Crippen LogP) is 4.56. The Morgan fingerprint density at radius 2 is 2.13 bits per heavy atom. The number of aromatic hydroxyl groups is 1. The average Bonchev–Trinajstić information content (AvgIpc) is 3.33. The van der Waals surface area contributed by atoms with Gasteiger partial charge in [-0.15, -0.1) is 11.3 Å². The van der Waals surface area contributed by atoms with Gasteiger partial charge in [0.25, 0.3) is 0 Å². The van der Waals surface area contributed by atoms with E-state index < -0.39 is 0 Å². The van der Waals surface area contributed by atoms with E-state index in [1.165, 1.54) is 0 Å². The molecule has 1 saturated carbocycles. The van der Waals surface area contributed by atoms with Crippen molar-refractivity contribution in [3.05, 3.63) is 47.0 Å². The Bertz CT molecular complexity index is 1130. The highest BCUT2D eigenvalue weighted by Crippen LogP contribution is 2.59. The summed E-state index contributed by atoms with van der Waals surface area (Å²) in [5.41, 5.74) is 2.79. The number of carbonyl (C=O) groups excluding carboxylic acids is 1. The molecular weight excluding hydrogens is 410 g/mol. The molecule has 6 nitrogen and oxygen atoms in total. The first-order chi connectivity index (χ1) is 15.0. The van der Waals surface area contributed by atoms with E-state index in [2.05, 4.69) is 15.2 Å². The van der Waals surface area contributed by atoms with Crippen LogP contribution in [0.4, 0.5) is 5.69 Å². The quantitative estimate of drug-likeness (QED) is 0.612. The maximum Gasteiger partial charge on any atom is 0.228 e. The molecule has 162 valence electrons. The second-order valence-corrected chi connectivity index (χ2v) is 10.0. The van der Waals surface area contributed by atoms with Crippen LogP contribution in [0.15, 0.2) is 36.4 Å². The fourth-order valence-electron chi connectivity index (χ4n) is 4.88. The zero-order chi connectivity index (χ0) is 21.6. The molecular formula is C24H27N3O3S. The lowest BCUT2D eigenvalue weighted by molar-refractivity contribution is -0.118. The van der Waals surface area contributed by atoms with Gasteiger partial charge in [-0.3, -0.25) is 9.69 Å². The summed E-state index contributed by atoms with van der Waals surface area (Å²) in [5.74, 6) is 0.954. The Morgan fingerprint density at radius 3 is 2.90 bits per heavy atom.